The van der Waals surface area contributed by atoms with E-state index in [2.05, 4.69) is 59.3 Å². The molecular weight excluding hydrogens is 438 g/mol. The third kappa shape index (κ3) is 2.00. The van der Waals surface area contributed by atoms with E-state index in [9.17, 15) is 9.59 Å². The molecule has 3 aliphatic carbocycles. The van der Waals surface area contributed by atoms with Crippen LogP contribution in [0.15, 0.2) is 77.3 Å². The van der Waals surface area contributed by atoms with Crippen LogP contribution < -0.4 is 4.90 Å². The average molecular weight is 458 g/mol. The van der Waals surface area contributed by atoms with Crippen LogP contribution >= 0.6 is 15.9 Å². The van der Waals surface area contributed by atoms with E-state index in [4.69, 9.17) is 0 Å². The van der Waals surface area contributed by atoms with Crippen LogP contribution in [0.3, 0.4) is 0 Å². The Balaban J connectivity index is 1.63. The highest BCUT2D eigenvalue weighted by atomic mass is 79.9. The maximum Gasteiger partial charge on any atom is 0.238 e. The van der Waals surface area contributed by atoms with Gasteiger partial charge in [0.2, 0.25) is 11.8 Å². The van der Waals surface area contributed by atoms with Gasteiger partial charge in [0.25, 0.3) is 0 Å². The average Bonchev–Trinajstić information content (AvgIpc) is 3.05. The molecule has 4 heteroatoms. The lowest BCUT2D eigenvalue weighted by Crippen LogP contribution is -2.53. The molecule has 0 N–H and O–H groups in total. The van der Waals surface area contributed by atoms with Crippen molar-refractivity contribution in [3.05, 3.63) is 99.5 Å². The summed E-state index contributed by atoms with van der Waals surface area (Å²) < 4.78 is 0.924. The molecule has 7 rings (SSSR count). The van der Waals surface area contributed by atoms with E-state index in [-0.39, 0.29) is 29.6 Å². The zero-order valence-electron chi connectivity index (χ0n) is 16.5. The SMILES string of the molecule is CCC12c3ccccc3C(c3ccccc31)C1C(=O)N(c3ccc(Br)cc3)C(=O)C12. The fourth-order valence-corrected chi connectivity index (χ4v) is 6.64. The zero-order valence-corrected chi connectivity index (χ0v) is 18.1. The Kier molecular flexibility index (Phi) is 3.70. The highest BCUT2D eigenvalue weighted by molar-refractivity contribution is 9.10. The minimum atomic E-state index is -0.469. The molecule has 4 aliphatic rings. The molecule has 2 amide bonds. The summed E-state index contributed by atoms with van der Waals surface area (Å²) in [6.45, 7) is 2.15. The van der Waals surface area contributed by atoms with Gasteiger partial charge in [-0.1, -0.05) is 71.4 Å². The Morgan fingerprint density at radius 2 is 1.40 bits per heavy atom. The molecule has 0 radical (unpaired) electrons. The largest absolute Gasteiger partial charge is 0.274 e. The number of amides is 2. The van der Waals surface area contributed by atoms with Crippen molar-refractivity contribution in [1.29, 1.82) is 0 Å². The summed E-state index contributed by atoms with van der Waals surface area (Å²) in [5.41, 5.74) is 5.04. The Labute approximate surface area is 183 Å². The number of hydrogen-bond acceptors (Lipinski definition) is 2. The molecule has 30 heavy (non-hydrogen) atoms. The number of carbonyl (C=O) groups is 2. The van der Waals surface area contributed by atoms with Gasteiger partial charge in [-0.25, -0.2) is 4.90 Å². The molecule has 2 unspecified atom stereocenters. The summed E-state index contributed by atoms with van der Waals surface area (Å²) in [6.07, 6.45) is 0.780. The first-order chi connectivity index (χ1) is 14.6. The third-order valence-corrected chi connectivity index (χ3v) is 7.97. The smallest absolute Gasteiger partial charge is 0.238 e. The molecular formula is C26H20BrNO2. The van der Waals surface area contributed by atoms with Crippen molar-refractivity contribution in [2.75, 3.05) is 4.90 Å². The number of imide groups is 1. The molecule has 148 valence electrons. The van der Waals surface area contributed by atoms with E-state index in [0.717, 1.165) is 10.9 Å². The number of rotatable bonds is 2. The Morgan fingerprint density at radius 1 is 0.833 bits per heavy atom. The Morgan fingerprint density at radius 3 is 1.97 bits per heavy atom. The van der Waals surface area contributed by atoms with E-state index in [1.807, 2.05) is 36.4 Å². The third-order valence-electron chi connectivity index (χ3n) is 7.44. The van der Waals surface area contributed by atoms with Crippen molar-refractivity contribution in [2.24, 2.45) is 11.8 Å². The number of halogens is 1. The minimum Gasteiger partial charge on any atom is -0.274 e. The fraction of sp³-hybridized carbons (Fsp3) is 0.231. The number of carbonyl (C=O) groups excluding carboxylic acids is 2. The summed E-state index contributed by atoms with van der Waals surface area (Å²) >= 11 is 3.44. The molecule has 1 heterocycles. The maximum atomic E-state index is 13.9. The number of nitrogens with zero attached hydrogens (tertiary/aromatic N) is 1. The molecule has 2 atom stereocenters. The van der Waals surface area contributed by atoms with Gasteiger partial charge < -0.3 is 0 Å². The van der Waals surface area contributed by atoms with E-state index < -0.39 is 5.41 Å². The Hall–Kier alpha value is -2.72. The van der Waals surface area contributed by atoms with E-state index in [1.165, 1.54) is 27.2 Å². The van der Waals surface area contributed by atoms with Gasteiger partial charge in [0, 0.05) is 15.8 Å². The van der Waals surface area contributed by atoms with Crippen LogP contribution in [0.1, 0.15) is 41.5 Å². The van der Waals surface area contributed by atoms with E-state index in [1.54, 1.807) is 0 Å². The molecule has 0 aromatic heterocycles. The normalized spacial score (nSPS) is 28.3. The summed E-state index contributed by atoms with van der Waals surface area (Å²) in [6, 6.07) is 24.3. The second-order valence-electron chi connectivity index (χ2n) is 8.47. The van der Waals surface area contributed by atoms with Crippen LogP contribution in [-0.2, 0) is 15.0 Å². The van der Waals surface area contributed by atoms with Crippen LogP contribution in [-0.4, -0.2) is 11.8 Å². The predicted molar refractivity (Wildman–Crippen MR) is 119 cm³/mol. The molecule has 1 fully saturated rings. The van der Waals surface area contributed by atoms with Crippen molar-refractivity contribution < 1.29 is 9.59 Å². The lowest BCUT2D eigenvalue weighted by molar-refractivity contribution is -0.123. The highest BCUT2D eigenvalue weighted by Crippen LogP contribution is 2.65. The number of anilines is 1. The maximum absolute atomic E-state index is 13.9. The predicted octanol–water partition coefficient (Wildman–Crippen LogP) is 5.41. The first-order valence-corrected chi connectivity index (χ1v) is 11.2. The monoisotopic (exact) mass is 457 g/mol. The molecule has 3 aromatic rings. The molecule has 1 aliphatic heterocycles. The van der Waals surface area contributed by atoms with Gasteiger partial charge in [-0.15, -0.1) is 0 Å². The molecule has 3 aromatic carbocycles. The van der Waals surface area contributed by atoms with Crippen LogP contribution in [0, 0.1) is 11.8 Å². The van der Waals surface area contributed by atoms with Gasteiger partial charge >= 0.3 is 0 Å². The quantitative estimate of drug-likeness (QED) is 0.482. The van der Waals surface area contributed by atoms with Gasteiger partial charge in [0.15, 0.2) is 0 Å². The summed E-state index contributed by atoms with van der Waals surface area (Å²) in [7, 11) is 0. The highest BCUT2D eigenvalue weighted by Gasteiger charge is 2.67. The minimum absolute atomic E-state index is 0.0665. The lowest BCUT2D eigenvalue weighted by atomic mass is 9.46. The summed E-state index contributed by atoms with van der Waals surface area (Å²) in [5, 5.41) is 0. The van der Waals surface area contributed by atoms with Crippen molar-refractivity contribution in [3.63, 3.8) is 0 Å². The number of benzene rings is 3. The van der Waals surface area contributed by atoms with Gasteiger partial charge in [-0.3, -0.25) is 9.59 Å². The van der Waals surface area contributed by atoms with Crippen molar-refractivity contribution in [3.8, 4) is 0 Å². The van der Waals surface area contributed by atoms with Gasteiger partial charge in [0.1, 0.15) is 0 Å². The van der Waals surface area contributed by atoms with E-state index in [0.29, 0.717) is 5.69 Å². The molecule has 0 spiro atoms. The van der Waals surface area contributed by atoms with Crippen LogP contribution in [0.2, 0.25) is 0 Å². The first kappa shape index (κ1) is 18.1. The van der Waals surface area contributed by atoms with Crippen molar-refractivity contribution >= 4 is 33.4 Å². The van der Waals surface area contributed by atoms with Crippen LogP contribution in [0.4, 0.5) is 5.69 Å². The topological polar surface area (TPSA) is 37.4 Å². The van der Waals surface area contributed by atoms with Gasteiger partial charge in [-0.05, 0) is 52.9 Å². The molecule has 3 nitrogen and oxygen atoms in total. The summed E-state index contributed by atoms with van der Waals surface area (Å²) in [5.74, 6) is -0.936. The second-order valence-corrected chi connectivity index (χ2v) is 9.38. The second kappa shape index (κ2) is 6.14. The fourth-order valence-electron chi connectivity index (χ4n) is 6.37. The number of hydrogen-bond donors (Lipinski definition) is 0. The first-order valence-electron chi connectivity index (χ1n) is 10.4. The van der Waals surface area contributed by atoms with Crippen molar-refractivity contribution in [1.82, 2.24) is 0 Å². The summed E-state index contributed by atoms with van der Waals surface area (Å²) in [4.78, 5) is 29.1. The lowest BCUT2D eigenvalue weighted by Gasteiger charge is -2.54. The molecule has 0 saturated carbocycles. The van der Waals surface area contributed by atoms with Crippen molar-refractivity contribution in [2.45, 2.75) is 24.7 Å². The molecule has 2 bridgehead atoms. The van der Waals surface area contributed by atoms with Gasteiger partial charge in [-0.2, -0.15) is 0 Å². The van der Waals surface area contributed by atoms with Gasteiger partial charge in [0.05, 0.1) is 17.5 Å². The van der Waals surface area contributed by atoms with Crippen LogP contribution in [0.25, 0.3) is 0 Å². The Bertz CT molecular complexity index is 1170. The zero-order chi connectivity index (χ0) is 20.6. The molecule has 1 saturated heterocycles. The standard InChI is InChI=1S/C26H20BrNO2/c1-2-26-19-9-5-3-7-17(19)21(18-8-4-6-10-20(18)26)22-23(26)25(30)28(24(22)29)16-13-11-15(27)12-14-16/h3-14,21-23H,2H2,1H3. The van der Waals surface area contributed by atoms with Crippen LogP contribution in [0.5, 0.6) is 0 Å². The van der Waals surface area contributed by atoms with E-state index >= 15 is 0 Å².